The van der Waals surface area contributed by atoms with Crippen LogP contribution in [0.2, 0.25) is 0 Å². The molecule has 6 nitrogen and oxygen atoms in total. The van der Waals surface area contributed by atoms with Crippen LogP contribution in [-0.2, 0) is 12.8 Å². The van der Waals surface area contributed by atoms with Crippen molar-refractivity contribution in [2.75, 3.05) is 0 Å². The first-order chi connectivity index (χ1) is 12.4. The molecule has 4 aromatic heterocycles. The van der Waals surface area contributed by atoms with Crippen LogP contribution in [0.15, 0.2) is 48.8 Å². The van der Waals surface area contributed by atoms with E-state index in [0.29, 0.717) is 0 Å². The molecular formula is C17H12N6S2. The van der Waals surface area contributed by atoms with Gasteiger partial charge < -0.3 is 0 Å². The molecule has 0 aliphatic heterocycles. The SMILES string of the molecule is c1cncc(-c2nnc3sc(CCc4nc5ccccc5s4)nn23)c1. The highest BCUT2D eigenvalue weighted by atomic mass is 32.1. The molecule has 0 aliphatic rings. The van der Waals surface area contributed by atoms with Crippen molar-refractivity contribution in [3.8, 4) is 11.4 Å². The molecule has 0 radical (unpaired) electrons. The van der Waals surface area contributed by atoms with Crippen LogP contribution in [0.25, 0.3) is 26.6 Å². The number of rotatable bonds is 4. The monoisotopic (exact) mass is 364 g/mol. The van der Waals surface area contributed by atoms with E-state index in [1.54, 1.807) is 39.6 Å². The molecule has 4 heterocycles. The molecule has 0 fully saturated rings. The third-order valence-electron chi connectivity index (χ3n) is 3.84. The van der Waals surface area contributed by atoms with Crippen molar-refractivity contribution in [2.45, 2.75) is 12.8 Å². The highest BCUT2D eigenvalue weighted by molar-refractivity contribution is 7.18. The van der Waals surface area contributed by atoms with Crippen LogP contribution in [0.3, 0.4) is 0 Å². The van der Waals surface area contributed by atoms with Crippen molar-refractivity contribution in [2.24, 2.45) is 0 Å². The average Bonchev–Trinajstić information content (AvgIpc) is 3.33. The second kappa shape index (κ2) is 5.98. The Hall–Kier alpha value is -2.71. The van der Waals surface area contributed by atoms with Crippen LogP contribution in [0.4, 0.5) is 0 Å². The summed E-state index contributed by atoms with van der Waals surface area (Å²) in [5.74, 6) is 0.727. The lowest BCUT2D eigenvalue weighted by atomic mass is 10.3. The predicted octanol–water partition coefficient (Wildman–Crippen LogP) is 3.64. The molecule has 0 amide bonds. The standard InChI is InChI=1S/C17H12N6S2/c1-2-6-13-12(5-1)19-14(24-13)7-8-15-22-23-16(20-21-17(23)25-15)11-4-3-9-18-10-11/h1-6,9-10H,7-8H2. The van der Waals surface area contributed by atoms with Gasteiger partial charge in [-0.2, -0.15) is 9.61 Å². The molecule has 8 heteroatoms. The molecule has 0 saturated heterocycles. The van der Waals surface area contributed by atoms with Crippen LogP contribution in [0, 0.1) is 0 Å². The number of hydrogen-bond donors (Lipinski definition) is 0. The van der Waals surface area contributed by atoms with Crippen molar-refractivity contribution in [3.63, 3.8) is 0 Å². The van der Waals surface area contributed by atoms with Crippen molar-refractivity contribution in [1.29, 1.82) is 0 Å². The molecule has 0 atom stereocenters. The molecule has 0 spiro atoms. The van der Waals surface area contributed by atoms with Gasteiger partial charge in [0, 0.05) is 30.8 Å². The van der Waals surface area contributed by atoms with E-state index in [1.807, 2.05) is 24.3 Å². The van der Waals surface area contributed by atoms with Gasteiger partial charge in [-0.3, -0.25) is 4.98 Å². The molecule has 5 aromatic rings. The number of nitrogens with zero attached hydrogens (tertiary/aromatic N) is 6. The van der Waals surface area contributed by atoms with Crippen molar-refractivity contribution in [3.05, 3.63) is 58.8 Å². The Balaban J connectivity index is 1.41. The molecule has 5 rings (SSSR count). The Bertz CT molecular complexity index is 1120. The zero-order chi connectivity index (χ0) is 16.6. The summed E-state index contributed by atoms with van der Waals surface area (Å²) < 4.78 is 3.03. The maximum absolute atomic E-state index is 4.69. The molecule has 25 heavy (non-hydrogen) atoms. The van der Waals surface area contributed by atoms with Gasteiger partial charge in [0.25, 0.3) is 0 Å². The fourth-order valence-corrected chi connectivity index (χ4v) is 4.47. The summed E-state index contributed by atoms with van der Waals surface area (Å²) in [7, 11) is 0. The van der Waals surface area contributed by atoms with Gasteiger partial charge in [-0.25, -0.2) is 4.98 Å². The average molecular weight is 364 g/mol. The first-order valence-corrected chi connectivity index (χ1v) is 9.46. The van der Waals surface area contributed by atoms with E-state index in [0.717, 1.165) is 44.7 Å². The maximum atomic E-state index is 4.69. The van der Waals surface area contributed by atoms with Crippen molar-refractivity contribution in [1.82, 2.24) is 29.8 Å². The Labute approximate surface area is 150 Å². The van der Waals surface area contributed by atoms with Gasteiger partial charge in [0.15, 0.2) is 5.82 Å². The molecule has 1 aromatic carbocycles. The fourth-order valence-electron chi connectivity index (χ4n) is 2.67. The molecule has 122 valence electrons. The second-order valence-corrected chi connectivity index (χ2v) is 7.69. The van der Waals surface area contributed by atoms with Crippen molar-refractivity contribution >= 4 is 37.9 Å². The van der Waals surface area contributed by atoms with Crippen LogP contribution < -0.4 is 0 Å². The largest absolute Gasteiger partial charge is 0.264 e. The normalized spacial score (nSPS) is 11.5. The number of thiazole rings is 1. The van der Waals surface area contributed by atoms with E-state index in [4.69, 9.17) is 0 Å². The highest BCUT2D eigenvalue weighted by Gasteiger charge is 2.14. The number of pyridine rings is 1. The molecular weight excluding hydrogens is 352 g/mol. The van der Waals surface area contributed by atoms with Gasteiger partial charge in [0.1, 0.15) is 5.01 Å². The molecule has 0 unspecified atom stereocenters. The van der Waals surface area contributed by atoms with Gasteiger partial charge in [-0.1, -0.05) is 23.5 Å². The lowest BCUT2D eigenvalue weighted by Crippen LogP contribution is -1.94. The van der Waals surface area contributed by atoms with E-state index in [2.05, 4.69) is 37.4 Å². The molecule has 0 bridgehead atoms. The minimum Gasteiger partial charge on any atom is -0.264 e. The fraction of sp³-hybridized carbons (Fsp3) is 0.118. The lowest BCUT2D eigenvalue weighted by Gasteiger charge is -1.95. The lowest BCUT2D eigenvalue weighted by molar-refractivity contribution is 0.861. The van der Waals surface area contributed by atoms with Gasteiger partial charge in [-0.05, 0) is 24.3 Å². The maximum Gasteiger partial charge on any atom is 0.234 e. The Morgan fingerprint density at radius 3 is 2.72 bits per heavy atom. The van der Waals surface area contributed by atoms with Gasteiger partial charge in [0.05, 0.1) is 15.2 Å². The first-order valence-electron chi connectivity index (χ1n) is 7.83. The summed E-state index contributed by atoms with van der Waals surface area (Å²) in [6.07, 6.45) is 5.24. The summed E-state index contributed by atoms with van der Waals surface area (Å²) in [4.78, 5) is 9.63. The summed E-state index contributed by atoms with van der Waals surface area (Å²) in [6.45, 7) is 0. The van der Waals surface area contributed by atoms with Crippen LogP contribution >= 0.6 is 22.7 Å². The van der Waals surface area contributed by atoms with E-state index in [-0.39, 0.29) is 0 Å². The molecule has 0 saturated carbocycles. The van der Waals surface area contributed by atoms with E-state index in [1.165, 1.54) is 4.70 Å². The van der Waals surface area contributed by atoms with E-state index in [9.17, 15) is 0 Å². The third kappa shape index (κ3) is 2.69. The zero-order valence-electron chi connectivity index (χ0n) is 13.0. The number of benzene rings is 1. The predicted molar refractivity (Wildman–Crippen MR) is 98.9 cm³/mol. The molecule has 0 N–H and O–H groups in total. The summed E-state index contributed by atoms with van der Waals surface area (Å²) in [5, 5.41) is 15.3. The Morgan fingerprint density at radius 2 is 1.84 bits per heavy atom. The number of para-hydroxylation sites is 1. The smallest absolute Gasteiger partial charge is 0.234 e. The minimum atomic E-state index is 0.727. The molecule has 0 aliphatic carbocycles. The Morgan fingerprint density at radius 1 is 0.920 bits per heavy atom. The van der Waals surface area contributed by atoms with Gasteiger partial charge in [-0.15, -0.1) is 21.5 Å². The number of fused-ring (bicyclic) bond motifs is 2. The summed E-state index contributed by atoms with van der Waals surface area (Å²) in [6, 6.07) is 12.1. The van der Waals surface area contributed by atoms with E-state index < -0.39 is 0 Å². The Kier molecular flexibility index (Phi) is 3.50. The minimum absolute atomic E-state index is 0.727. The summed E-state index contributed by atoms with van der Waals surface area (Å²) in [5.41, 5.74) is 1.98. The summed E-state index contributed by atoms with van der Waals surface area (Å²) >= 11 is 3.32. The van der Waals surface area contributed by atoms with Crippen LogP contribution in [0.1, 0.15) is 10.0 Å². The van der Waals surface area contributed by atoms with Crippen molar-refractivity contribution < 1.29 is 0 Å². The third-order valence-corrected chi connectivity index (χ3v) is 5.90. The number of hydrogen-bond acceptors (Lipinski definition) is 7. The number of aryl methyl sites for hydroxylation is 2. The highest BCUT2D eigenvalue weighted by Crippen LogP contribution is 2.25. The topological polar surface area (TPSA) is 68.9 Å². The van der Waals surface area contributed by atoms with E-state index >= 15 is 0 Å². The van der Waals surface area contributed by atoms with Gasteiger partial charge in [0.2, 0.25) is 4.96 Å². The van der Waals surface area contributed by atoms with Crippen LogP contribution in [-0.4, -0.2) is 29.8 Å². The quantitative estimate of drug-likeness (QED) is 0.487. The zero-order valence-corrected chi connectivity index (χ0v) is 14.7. The van der Waals surface area contributed by atoms with Gasteiger partial charge >= 0.3 is 0 Å². The van der Waals surface area contributed by atoms with Crippen LogP contribution in [0.5, 0.6) is 0 Å². The number of aromatic nitrogens is 6. The first kappa shape index (κ1) is 14.6. The second-order valence-electron chi connectivity index (χ2n) is 5.53.